The van der Waals surface area contributed by atoms with Crippen LogP contribution in [0.15, 0.2) is 53.8 Å². The molecule has 1 aromatic carbocycles. The molecule has 0 bridgehead atoms. The van der Waals surface area contributed by atoms with Gasteiger partial charge in [0, 0.05) is 23.7 Å². The number of aromatic nitrogens is 1. The van der Waals surface area contributed by atoms with E-state index in [2.05, 4.69) is 11.2 Å². The van der Waals surface area contributed by atoms with E-state index in [4.69, 9.17) is 32.5 Å². The number of hydrogen-bond donors (Lipinski definition) is 2. The smallest absolute Gasteiger partial charge is 0.324 e. The molecular formula is C22H28Cl2N6O3. The average Bonchev–Trinajstić information content (AvgIpc) is 2.81. The van der Waals surface area contributed by atoms with Gasteiger partial charge in [-0.25, -0.2) is 9.89 Å². The highest BCUT2D eigenvalue weighted by Crippen LogP contribution is 2.16. The molecule has 0 fully saturated rings. The Kier molecular flexibility index (Phi) is 13.3. The highest BCUT2D eigenvalue weighted by molar-refractivity contribution is 6.30. The molecule has 0 aliphatic rings. The number of hydrogen-bond acceptors (Lipinski definition) is 6. The van der Waals surface area contributed by atoms with Gasteiger partial charge in [-0.3, -0.25) is 4.79 Å². The minimum atomic E-state index is -0.484. The molecule has 0 unspecified atom stereocenters. The molecule has 0 saturated carbocycles. The highest BCUT2D eigenvalue weighted by atomic mass is 35.5. The predicted molar refractivity (Wildman–Crippen MR) is 121 cm³/mol. The first-order valence-electron chi connectivity index (χ1n) is 10.3. The summed E-state index contributed by atoms with van der Waals surface area (Å²) in [4.78, 5) is 16.7. The molecule has 0 amide bonds. The molecule has 178 valence electrons. The molecule has 0 aliphatic carbocycles. The lowest BCUT2D eigenvalue weighted by atomic mass is 10.2. The van der Waals surface area contributed by atoms with Crippen LogP contribution < -0.4 is 33.2 Å². The maximum Gasteiger partial charge on any atom is 0.324 e. The second-order valence-electron chi connectivity index (χ2n) is 6.86. The third kappa shape index (κ3) is 10.9. The Morgan fingerprint density at radius 3 is 2.42 bits per heavy atom. The maximum absolute atomic E-state index is 11.1. The number of nitriles is 1. The number of aliphatic imine (C=N–C) groups is 1. The molecule has 33 heavy (non-hydrogen) atoms. The van der Waals surface area contributed by atoms with Crippen LogP contribution in [0, 0.1) is 11.5 Å². The largest absolute Gasteiger partial charge is 1.00 e. The number of ether oxygens (including phenoxy) is 2. The summed E-state index contributed by atoms with van der Waals surface area (Å²) >= 11 is 5.85. The second kappa shape index (κ2) is 15.7. The average molecular weight is 495 g/mol. The number of halogens is 2. The summed E-state index contributed by atoms with van der Waals surface area (Å²) in [5.74, 6) is 0.450. The number of esters is 1. The van der Waals surface area contributed by atoms with Gasteiger partial charge < -0.3 is 33.3 Å². The number of pyridine rings is 1. The highest BCUT2D eigenvalue weighted by Gasteiger charge is 2.09. The van der Waals surface area contributed by atoms with Gasteiger partial charge in [0.1, 0.15) is 5.75 Å². The molecule has 0 aliphatic heterocycles. The lowest BCUT2D eigenvalue weighted by molar-refractivity contribution is -0.727. The molecule has 0 saturated heterocycles. The molecule has 0 radical (unpaired) electrons. The summed E-state index contributed by atoms with van der Waals surface area (Å²) < 4.78 is 12.3. The van der Waals surface area contributed by atoms with E-state index in [1.54, 1.807) is 41.2 Å². The fourth-order valence-electron chi connectivity index (χ4n) is 2.67. The molecule has 0 spiro atoms. The van der Waals surface area contributed by atoms with Crippen LogP contribution >= 0.6 is 11.6 Å². The first kappa shape index (κ1) is 28.0. The van der Waals surface area contributed by atoms with E-state index in [0.717, 1.165) is 31.4 Å². The van der Waals surface area contributed by atoms with Crippen molar-refractivity contribution in [2.45, 2.75) is 32.4 Å². The van der Waals surface area contributed by atoms with E-state index in [1.165, 1.54) is 4.90 Å². The first-order chi connectivity index (χ1) is 15.5. The minimum absolute atomic E-state index is 0. The number of carbonyl (C=O) groups excluding carboxylic acids is 1. The van der Waals surface area contributed by atoms with Crippen molar-refractivity contribution in [1.82, 2.24) is 4.90 Å². The van der Waals surface area contributed by atoms with Crippen molar-refractivity contribution in [2.24, 2.45) is 16.5 Å². The fourth-order valence-corrected chi connectivity index (χ4v) is 2.80. The normalized spacial score (nSPS) is 10.6. The van der Waals surface area contributed by atoms with Gasteiger partial charge in [-0.05, 0) is 37.1 Å². The minimum Gasteiger partial charge on any atom is -1.00 e. The summed E-state index contributed by atoms with van der Waals surface area (Å²) in [6, 6.07) is 10.7. The van der Waals surface area contributed by atoms with E-state index >= 15 is 0 Å². The van der Waals surface area contributed by atoms with Crippen LogP contribution in [-0.2, 0) is 16.3 Å². The Hall–Kier alpha value is -3.06. The van der Waals surface area contributed by atoms with Crippen LogP contribution in [0.2, 0.25) is 5.02 Å². The molecule has 2 aromatic rings. The number of nitrogens with two attached hydrogens (primary N) is 2. The van der Waals surface area contributed by atoms with Crippen molar-refractivity contribution in [1.29, 1.82) is 5.26 Å². The van der Waals surface area contributed by atoms with Gasteiger partial charge >= 0.3 is 5.97 Å². The summed E-state index contributed by atoms with van der Waals surface area (Å²) in [7, 11) is 0. The van der Waals surface area contributed by atoms with E-state index in [-0.39, 0.29) is 31.6 Å². The van der Waals surface area contributed by atoms with Gasteiger partial charge in [-0.1, -0.05) is 24.4 Å². The Balaban J connectivity index is 0.00000544. The van der Waals surface area contributed by atoms with Crippen molar-refractivity contribution in [2.75, 3.05) is 19.7 Å². The zero-order valence-corrected chi connectivity index (χ0v) is 19.7. The van der Waals surface area contributed by atoms with Crippen LogP contribution in [0.3, 0.4) is 0 Å². The summed E-state index contributed by atoms with van der Waals surface area (Å²) in [6.45, 7) is 1.02. The molecule has 11 heteroatoms. The van der Waals surface area contributed by atoms with E-state index in [0.29, 0.717) is 23.9 Å². The monoisotopic (exact) mass is 494 g/mol. The topological polar surface area (TPSA) is 131 Å². The van der Waals surface area contributed by atoms with Crippen LogP contribution in [0.25, 0.3) is 0 Å². The molecule has 0 atom stereocenters. The van der Waals surface area contributed by atoms with E-state index in [9.17, 15) is 10.1 Å². The number of rotatable bonds is 12. The predicted octanol–water partition coefficient (Wildman–Crippen LogP) is -0.540. The Morgan fingerprint density at radius 1 is 1.12 bits per heavy atom. The van der Waals surface area contributed by atoms with Crippen molar-refractivity contribution >= 4 is 29.2 Å². The zero-order valence-electron chi connectivity index (χ0n) is 18.2. The van der Waals surface area contributed by atoms with Crippen LogP contribution in [0.4, 0.5) is 5.69 Å². The first-order valence-corrected chi connectivity index (χ1v) is 10.6. The zero-order chi connectivity index (χ0) is 23.2. The lowest BCUT2D eigenvalue weighted by Gasteiger charge is -2.14. The van der Waals surface area contributed by atoms with E-state index in [1.807, 2.05) is 12.1 Å². The Labute approximate surface area is 205 Å². The van der Waals surface area contributed by atoms with Gasteiger partial charge in [0.2, 0.25) is 5.96 Å². The van der Waals surface area contributed by atoms with Crippen LogP contribution in [0.5, 0.6) is 5.75 Å². The van der Waals surface area contributed by atoms with Crippen molar-refractivity contribution in [3.63, 3.8) is 0 Å². The number of unbranched alkanes of at least 4 members (excludes halogenated alkanes) is 3. The van der Waals surface area contributed by atoms with Gasteiger partial charge in [0.25, 0.3) is 6.73 Å². The molecule has 1 heterocycles. The maximum atomic E-state index is 11.1. The summed E-state index contributed by atoms with van der Waals surface area (Å²) in [5.41, 5.74) is 11.8. The third-order valence-electron chi connectivity index (χ3n) is 4.41. The van der Waals surface area contributed by atoms with E-state index < -0.39 is 5.97 Å². The van der Waals surface area contributed by atoms with Gasteiger partial charge in [0.05, 0.1) is 18.8 Å². The van der Waals surface area contributed by atoms with Gasteiger partial charge in [-0.2, -0.15) is 9.83 Å². The van der Waals surface area contributed by atoms with Crippen LogP contribution in [-0.4, -0.2) is 36.5 Å². The SMILES string of the molecule is N#CN(CCCCCCOc1ccc(Cl)cc1)C(N)=Nc1cc[n+](COC(=O)CN)cc1.[Cl-]. The molecule has 9 nitrogen and oxygen atoms in total. The van der Waals surface area contributed by atoms with Gasteiger partial charge in [0.15, 0.2) is 18.6 Å². The standard InChI is InChI=1S/C22H27ClN6O3.ClH/c23-18-5-7-20(8-6-18)31-14-4-2-1-3-11-29(16-25)22(26)27-19-9-12-28(13-10-19)17-32-21(30)15-24;/h5-10,12-13,26H,1-4,11,14-15,17,24H2;1H. The molecule has 2 rings (SSSR count). The number of benzene rings is 1. The Morgan fingerprint density at radius 2 is 1.79 bits per heavy atom. The fraction of sp³-hybridized carbons (Fsp3) is 0.364. The quantitative estimate of drug-likeness (QED) is 0.0769. The summed E-state index contributed by atoms with van der Waals surface area (Å²) in [6.07, 6.45) is 9.12. The number of nitrogens with zero attached hydrogens (tertiary/aromatic N) is 4. The summed E-state index contributed by atoms with van der Waals surface area (Å²) in [5, 5.41) is 10.1. The van der Waals surface area contributed by atoms with Crippen LogP contribution in [0.1, 0.15) is 25.7 Å². The molecule has 1 aromatic heterocycles. The van der Waals surface area contributed by atoms with Gasteiger partial charge in [-0.15, -0.1) is 0 Å². The molecule has 4 N–H and O–H groups in total. The number of carbonyl (C=O) groups is 1. The molecular weight excluding hydrogens is 467 g/mol. The number of guanidine groups is 1. The van der Waals surface area contributed by atoms with Crippen molar-refractivity contribution in [3.05, 3.63) is 53.8 Å². The third-order valence-corrected chi connectivity index (χ3v) is 4.67. The van der Waals surface area contributed by atoms with Crippen molar-refractivity contribution < 1.29 is 31.2 Å². The second-order valence-corrected chi connectivity index (χ2v) is 7.29. The lowest BCUT2D eigenvalue weighted by Crippen LogP contribution is -3.00. The Bertz CT molecular complexity index is 917. The van der Waals surface area contributed by atoms with Crippen molar-refractivity contribution in [3.8, 4) is 11.9 Å².